The van der Waals surface area contributed by atoms with E-state index < -0.39 is 23.7 Å². The molecular weight excluding hydrogens is 785 g/mol. The Morgan fingerprint density at radius 1 is 0.871 bits per heavy atom. The fraction of sp³-hybridized carbons (Fsp3) is 0.420. The maximum absolute atomic E-state index is 13.8. The lowest BCUT2D eigenvalue weighted by Crippen LogP contribution is -2.52. The van der Waals surface area contributed by atoms with Crippen LogP contribution < -0.4 is 20.9 Å². The molecule has 3 aliphatic heterocycles. The average Bonchev–Trinajstić information content (AvgIpc) is 3.31. The van der Waals surface area contributed by atoms with Gasteiger partial charge >= 0.3 is 12.1 Å². The number of nitrogens with zero attached hydrogens (tertiary/aromatic N) is 1. The molecule has 2 bridgehead atoms. The molecule has 12 nitrogen and oxygen atoms in total. The van der Waals surface area contributed by atoms with Crippen molar-refractivity contribution in [2.75, 3.05) is 39.3 Å². The van der Waals surface area contributed by atoms with Crippen molar-refractivity contribution in [3.05, 3.63) is 141 Å². The first-order valence-electron chi connectivity index (χ1n) is 22.2. The second-order valence-corrected chi connectivity index (χ2v) is 17.1. The zero-order valence-corrected chi connectivity index (χ0v) is 35.2. The van der Waals surface area contributed by atoms with Crippen molar-refractivity contribution in [1.82, 2.24) is 20.5 Å². The fourth-order valence-corrected chi connectivity index (χ4v) is 9.53. The molecular formula is C50H58N4O8. The van der Waals surface area contributed by atoms with Crippen LogP contribution in [0.5, 0.6) is 11.5 Å². The van der Waals surface area contributed by atoms with Gasteiger partial charge in [0.15, 0.2) is 0 Å². The van der Waals surface area contributed by atoms with Gasteiger partial charge in [-0.1, -0.05) is 92.1 Å². The number of unbranched alkanes of at least 4 members (excludes halogenated alkanes) is 1. The number of rotatable bonds is 17. The number of pyridine rings is 1. The van der Waals surface area contributed by atoms with Crippen LogP contribution in [0.2, 0.25) is 0 Å². The Morgan fingerprint density at radius 3 is 2.40 bits per heavy atom. The van der Waals surface area contributed by atoms with E-state index in [0.717, 1.165) is 93.3 Å². The second-order valence-electron chi connectivity index (χ2n) is 17.1. The van der Waals surface area contributed by atoms with E-state index in [-0.39, 0.29) is 23.4 Å². The molecule has 9 rings (SSSR count). The van der Waals surface area contributed by atoms with Gasteiger partial charge in [0.2, 0.25) is 5.56 Å². The molecule has 1 aliphatic carbocycles. The number of benzene rings is 4. The van der Waals surface area contributed by atoms with E-state index in [0.29, 0.717) is 60.9 Å². The van der Waals surface area contributed by atoms with Crippen molar-refractivity contribution >= 4 is 23.0 Å². The minimum Gasteiger partial charge on any atom is -0.506 e. The largest absolute Gasteiger partial charge is 0.506 e. The van der Waals surface area contributed by atoms with Crippen molar-refractivity contribution in [3.63, 3.8) is 0 Å². The van der Waals surface area contributed by atoms with Crippen LogP contribution in [-0.4, -0.2) is 77.6 Å². The van der Waals surface area contributed by atoms with Gasteiger partial charge in [-0.2, -0.15) is 0 Å². The molecule has 5 N–H and O–H groups in total. The first-order valence-corrected chi connectivity index (χ1v) is 22.2. The molecule has 0 radical (unpaired) electrons. The Balaban J connectivity index is 0.826. The SMILES string of the molecule is O=C(NC(c1ccccc1)c1cccc(OCc2ccc(C3(C(=O)OCCCCNCC(O)c4ccc(O)c5[nH]c(=O)ccc45)CCCCC3)cc2)c1)OC1CN2CCC1CC2. The topological polar surface area (TPSA) is 162 Å². The summed E-state index contributed by atoms with van der Waals surface area (Å²) in [6.45, 7) is 4.53. The first-order chi connectivity index (χ1) is 30.3. The lowest BCUT2D eigenvalue weighted by atomic mass is 9.69. The zero-order valence-electron chi connectivity index (χ0n) is 35.2. The van der Waals surface area contributed by atoms with Crippen LogP contribution in [0.3, 0.4) is 0 Å². The van der Waals surface area contributed by atoms with E-state index in [1.165, 1.54) is 12.1 Å². The molecule has 4 aromatic carbocycles. The highest BCUT2D eigenvalue weighted by Crippen LogP contribution is 2.41. The predicted octanol–water partition coefficient (Wildman–Crippen LogP) is 7.57. The summed E-state index contributed by atoms with van der Waals surface area (Å²) in [5.74, 6) is 0.886. The Bertz CT molecular complexity index is 2340. The van der Waals surface area contributed by atoms with E-state index in [2.05, 4.69) is 20.5 Å². The Kier molecular flexibility index (Phi) is 13.9. The molecule has 0 spiro atoms. The van der Waals surface area contributed by atoms with Crippen molar-refractivity contribution in [2.24, 2.45) is 5.92 Å². The zero-order chi connectivity index (χ0) is 42.9. The van der Waals surface area contributed by atoms with Crippen LogP contribution in [0.4, 0.5) is 4.79 Å². The van der Waals surface area contributed by atoms with Gasteiger partial charge in [-0.25, -0.2) is 4.79 Å². The molecule has 5 aromatic rings. The molecule has 4 heterocycles. The number of alkyl carbamates (subject to hydrolysis) is 1. The number of phenols is 1. The number of amides is 1. The third-order valence-electron chi connectivity index (χ3n) is 13.0. The number of aromatic amines is 1. The standard InChI is InChI=1S/C50H58N4O8/c55-42-20-18-40(41-19-21-45(57)52-47(41)42)43(56)31-51-26-7-8-29-60-48(58)50(24-5-2-6-25-50)38-16-14-34(15-17-38)33-61-39-13-9-12-37(30-39)46(36-10-3-1-4-11-36)53-49(59)62-44-32-54-27-22-35(44)23-28-54/h1,3-4,9-21,30,35,43-44,46,51,55-56H,2,5-8,22-29,31-33H2,(H,52,57)(H,53,59). The lowest BCUT2D eigenvalue weighted by molar-refractivity contribution is -0.152. The fourth-order valence-electron chi connectivity index (χ4n) is 9.53. The quantitative estimate of drug-likeness (QED) is 0.0467. The molecule has 1 amide bonds. The lowest BCUT2D eigenvalue weighted by Gasteiger charge is -2.43. The number of phenolic OH excluding ortho intramolecular Hbond substituents is 1. The number of nitrogens with one attached hydrogen (secondary N) is 3. The van der Waals surface area contributed by atoms with Crippen molar-refractivity contribution in [3.8, 4) is 11.5 Å². The summed E-state index contributed by atoms with van der Waals surface area (Å²) in [4.78, 5) is 43.9. The van der Waals surface area contributed by atoms with Crippen LogP contribution >= 0.6 is 0 Å². The second kappa shape index (κ2) is 20.0. The number of H-pyrrole nitrogens is 1. The van der Waals surface area contributed by atoms with Crippen molar-refractivity contribution in [1.29, 1.82) is 0 Å². The summed E-state index contributed by atoms with van der Waals surface area (Å²) >= 11 is 0. The Labute approximate surface area is 362 Å². The summed E-state index contributed by atoms with van der Waals surface area (Å²) in [5.41, 5.74) is 3.70. The minimum absolute atomic E-state index is 0.0465. The van der Waals surface area contributed by atoms with Crippen LogP contribution in [-0.2, 0) is 26.3 Å². The summed E-state index contributed by atoms with van der Waals surface area (Å²) in [6, 6.07) is 31.6. The summed E-state index contributed by atoms with van der Waals surface area (Å²) < 4.78 is 18.3. The van der Waals surface area contributed by atoms with E-state index >= 15 is 0 Å². The third kappa shape index (κ3) is 10.2. The monoisotopic (exact) mass is 842 g/mol. The Hall–Kier alpha value is -5.69. The van der Waals surface area contributed by atoms with E-state index in [4.69, 9.17) is 14.2 Å². The van der Waals surface area contributed by atoms with Crippen LogP contribution in [0, 0.1) is 5.92 Å². The number of aliphatic hydroxyl groups is 1. The molecule has 1 aromatic heterocycles. The smallest absolute Gasteiger partial charge is 0.408 e. The van der Waals surface area contributed by atoms with Gasteiger partial charge in [0.1, 0.15) is 24.2 Å². The highest BCUT2D eigenvalue weighted by atomic mass is 16.6. The summed E-state index contributed by atoms with van der Waals surface area (Å²) in [5, 5.41) is 28.0. The van der Waals surface area contributed by atoms with Crippen LogP contribution in [0.25, 0.3) is 10.9 Å². The number of ether oxygens (including phenoxy) is 3. The van der Waals surface area contributed by atoms with Gasteiger partial charge in [-0.15, -0.1) is 0 Å². The van der Waals surface area contributed by atoms with E-state index in [1.807, 2.05) is 78.9 Å². The molecule has 3 saturated heterocycles. The molecule has 12 heteroatoms. The number of aromatic nitrogens is 1. The van der Waals surface area contributed by atoms with Gasteiger partial charge in [0, 0.05) is 24.5 Å². The number of aliphatic hydroxyl groups excluding tert-OH is 1. The van der Waals surface area contributed by atoms with Gasteiger partial charge in [0.05, 0.1) is 29.7 Å². The molecule has 3 unspecified atom stereocenters. The number of piperidine rings is 3. The van der Waals surface area contributed by atoms with Gasteiger partial charge in [-0.05, 0) is 116 Å². The van der Waals surface area contributed by atoms with Crippen LogP contribution in [0.15, 0.2) is 108 Å². The number of carbonyl (C=O) groups is 2. The Morgan fingerprint density at radius 2 is 1.65 bits per heavy atom. The van der Waals surface area contributed by atoms with Gasteiger partial charge in [0.25, 0.3) is 0 Å². The summed E-state index contributed by atoms with van der Waals surface area (Å²) in [6.07, 6.45) is 6.76. The first kappa shape index (κ1) is 43.0. The average molecular weight is 843 g/mol. The van der Waals surface area contributed by atoms with Crippen LogP contribution in [0.1, 0.15) is 97.8 Å². The molecule has 62 heavy (non-hydrogen) atoms. The highest BCUT2D eigenvalue weighted by Gasteiger charge is 2.42. The highest BCUT2D eigenvalue weighted by molar-refractivity contribution is 5.87. The van der Waals surface area contributed by atoms with Crippen molar-refractivity contribution in [2.45, 2.75) is 88.1 Å². The molecule has 326 valence electrons. The third-order valence-corrected chi connectivity index (χ3v) is 13.0. The van der Waals surface area contributed by atoms with E-state index in [1.54, 1.807) is 12.1 Å². The molecule has 4 aliphatic rings. The van der Waals surface area contributed by atoms with Gasteiger partial charge in [-0.3, -0.25) is 14.5 Å². The number of hydrogen-bond donors (Lipinski definition) is 5. The minimum atomic E-state index is -0.837. The maximum Gasteiger partial charge on any atom is 0.408 e. The number of aromatic hydroxyl groups is 1. The van der Waals surface area contributed by atoms with E-state index in [9.17, 15) is 24.6 Å². The molecule has 3 atom stereocenters. The number of hydrogen-bond acceptors (Lipinski definition) is 10. The summed E-state index contributed by atoms with van der Waals surface area (Å²) in [7, 11) is 0. The normalized spacial score (nSPS) is 20.2. The predicted molar refractivity (Wildman–Crippen MR) is 237 cm³/mol. The number of esters is 1. The molecule has 1 saturated carbocycles. The molecule has 4 fully saturated rings. The van der Waals surface area contributed by atoms with Gasteiger partial charge < -0.3 is 40.0 Å². The number of carbonyl (C=O) groups excluding carboxylic acids is 2. The maximum atomic E-state index is 13.8. The van der Waals surface area contributed by atoms with Crippen molar-refractivity contribution < 1.29 is 34.0 Å². The number of fused-ring (bicyclic) bond motifs is 4.